The molecule has 0 unspecified atom stereocenters. The third-order valence-electron chi connectivity index (χ3n) is 5.99. The van der Waals surface area contributed by atoms with Crippen LogP contribution in [0.1, 0.15) is 87.9 Å². The summed E-state index contributed by atoms with van der Waals surface area (Å²) >= 11 is 3.18. The molecule has 1 N–H and O–H groups in total. The van der Waals surface area contributed by atoms with Crippen LogP contribution in [0.25, 0.3) is 0 Å². The van der Waals surface area contributed by atoms with Crippen LogP contribution in [0.15, 0.2) is 22.7 Å². The quantitative estimate of drug-likeness (QED) is 0.355. The van der Waals surface area contributed by atoms with E-state index in [-0.39, 0.29) is 17.3 Å². The molecule has 8 heteroatoms. The third-order valence-corrected chi connectivity index (χ3v) is 7.81. The molecule has 0 radical (unpaired) electrons. The standard InChI is InChI=1S/C23H28N4O2S2/c1-14-21(16(3)28)15(2)24-22(14)19(29)13-31-23-26-25-20(12-18-10-7-11-30-18)27(23)17-8-5-4-6-9-17/h7,10-11,17,24H,4-6,8-9,12-13H2,1-3H3. The van der Waals surface area contributed by atoms with Gasteiger partial charge in [-0.3, -0.25) is 9.59 Å². The van der Waals surface area contributed by atoms with E-state index in [1.54, 1.807) is 11.3 Å². The fourth-order valence-electron chi connectivity index (χ4n) is 4.56. The maximum absolute atomic E-state index is 13.0. The minimum absolute atomic E-state index is 0.0175. The van der Waals surface area contributed by atoms with Gasteiger partial charge in [0.15, 0.2) is 16.7 Å². The molecule has 0 atom stereocenters. The van der Waals surface area contributed by atoms with Crippen molar-refractivity contribution in [3.8, 4) is 0 Å². The molecule has 6 nitrogen and oxygen atoms in total. The first kappa shape index (κ1) is 22.0. The predicted molar refractivity (Wildman–Crippen MR) is 125 cm³/mol. The van der Waals surface area contributed by atoms with Gasteiger partial charge in [0.1, 0.15) is 5.82 Å². The molecule has 0 bridgehead atoms. The molecule has 3 aromatic rings. The number of carbonyl (C=O) groups excluding carboxylic acids is 2. The number of hydrogen-bond donors (Lipinski definition) is 1. The highest BCUT2D eigenvalue weighted by molar-refractivity contribution is 7.99. The first-order valence-corrected chi connectivity index (χ1v) is 12.6. The normalized spacial score (nSPS) is 14.8. The monoisotopic (exact) mass is 456 g/mol. The van der Waals surface area contributed by atoms with Crippen LogP contribution in [0, 0.1) is 13.8 Å². The molecule has 3 aromatic heterocycles. The number of aryl methyl sites for hydroxylation is 1. The zero-order valence-corrected chi connectivity index (χ0v) is 19.9. The topological polar surface area (TPSA) is 80.6 Å². The Morgan fingerprint density at radius 2 is 2.00 bits per heavy atom. The lowest BCUT2D eigenvalue weighted by Crippen LogP contribution is -2.17. The molecule has 0 spiro atoms. The van der Waals surface area contributed by atoms with Crippen molar-refractivity contribution in [1.82, 2.24) is 19.7 Å². The molecule has 0 saturated heterocycles. The van der Waals surface area contributed by atoms with Crippen LogP contribution in [0.3, 0.4) is 0 Å². The van der Waals surface area contributed by atoms with Crippen LogP contribution in [0.5, 0.6) is 0 Å². The van der Waals surface area contributed by atoms with Gasteiger partial charge in [0, 0.05) is 28.6 Å². The molecule has 4 rings (SSSR count). The Bertz CT molecular complexity index is 1080. The summed E-state index contributed by atoms with van der Waals surface area (Å²) < 4.78 is 2.28. The number of carbonyl (C=O) groups is 2. The molecule has 3 heterocycles. The van der Waals surface area contributed by atoms with Gasteiger partial charge in [-0.05, 0) is 50.6 Å². The summed E-state index contributed by atoms with van der Waals surface area (Å²) in [6, 6.07) is 4.59. The smallest absolute Gasteiger partial charge is 0.191 e. The van der Waals surface area contributed by atoms with Crippen molar-refractivity contribution in [1.29, 1.82) is 0 Å². The zero-order chi connectivity index (χ0) is 22.0. The molecular weight excluding hydrogens is 428 g/mol. The van der Waals surface area contributed by atoms with E-state index in [0.717, 1.165) is 41.5 Å². The van der Waals surface area contributed by atoms with Gasteiger partial charge in [0.05, 0.1) is 11.4 Å². The minimum atomic E-state index is -0.0202. The van der Waals surface area contributed by atoms with Gasteiger partial charge in [-0.25, -0.2) is 0 Å². The van der Waals surface area contributed by atoms with E-state index in [9.17, 15) is 9.59 Å². The highest BCUT2D eigenvalue weighted by Crippen LogP contribution is 2.34. The van der Waals surface area contributed by atoms with Crippen molar-refractivity contribution < 1.29 is 9.59 Å². The van der Waals surface area contributed by atoms with Crippen molar-refractivity contribution >= 4 is 34.7 Å². The average molecular weight is 457 g/mol. The number of Topliss-reactive ketones (excluding diaryl/α,β-unsaturated/α-hetero) is 2. The lowest BCUT2D eigenvalue weighted by Gasteiger charge is -2.25. The average Bonchev–Trinajstić information content (AvgIpc) is 3.47. The molecule has 0 amide bonds. The largest absolute Gasteiger partial charge is 0.355 e. The van der Waals surface area contributed by atoms with E-state index in [4.69, 9.17) is 0 Å². The van der Waals surface area contributed by atoms with E-state index < -0.39 is 0 Å². The fraction of sp³-hybridized carbons (Fsp3) is 0.478. The molecule has 1 aliphatic carbocycles. The van der Waals surface area contributed by atoms with Crippen LogP contribution in [0.4, 0.5) is 0 Å². The number of thiophene rings is 1. The van der Waals surface area contributed by atoms with Gasteiger partial charge in [0.2, 0.25) is 0 Å². The maximum Gasteiger partial charge on any atom is 0.191 e. The summed E-state index contributed by atoms with van der Waals surface area (Å²) in [5.41, 5.74) is 2.64. The fourth-order valence-corrected chi connectivity index (χ4v) is 6.16. The number of nitrogens with zero attached hydrogens (tertiary/aromatic N) is 3. The lowest BCUT2D eigenvalue weighted by atomic mass is 9.95. The Morgan fingerprint density at radius 1 is 1.23 bits per heavy atom. The van der Waals surface area contributed by atoms with E-state index in [2.05, 4.69) is 37.3 Å². The number of hydrogen-bond acceptors (Lipinski definition) is 6. The van der Waals surface area contributed by atoms with Crippen molar-refractivity contribution in [2.24, 2.45) is 0 Å². The van der Waals surface area contributed by atoms with E-state index in [0.29, 0.717) is 17.3 Å². The van der Waals surface area contributed by atoms with Crippen molar-refractivity contribution in [3.05, 3.63) is 50.7 Å². The second kappa shape index (κ2) is 9.53. The Morgan fingerprint density at radius 3 is 2.65 bits per heavy atom. The highest BCUT2D eigenvalue weighted by Gasteiger charge is 2.25. The van der Waals surface area contributed by atoms with Crippen molar-refractivity contribution in [2.75, 3.05) is 5.75 Å². The number of ketones is 2. The number of thioether (sulfide) groups is 1. The predicted octanol–water partition coefficient (Wildman–Crippen LogP) is 5.56. The van der Waals surface area contributed by atoms with Gasteiger partial charge >= 0.3 is 0 Å². The van der Waals surface area contributed by atoms with Crippen LogP contribution in [0.2, 0.25) is 0 Å². The van der Waals surface area contributed by atoms with Gasteiger partial charge in [-0.15, -0.1) is 21.5 Å². The molecule has 1 saturated carbocycles. The molecular formula is C23H28N4O2S2. The van der Waals surface area contributed by atoms with Crippen molar-refractivity contribution in [2.45, 2.75) is 70.5 Å². The highest BCUT2D eigenvalue weighted by atomic mass is 32.2. The molecule has 1 aliphatic rings. The first-order chi connectivity index (χ1) is 15.0. The SMILES string of the molecule is CC(=O)c1c(C)[nH]c(C(=O)CSc2nnc(Cc3cccs3)n2C2CCCCC2)c1C. The summed E-state index contributed by atoms with van der Waals surface area (Å²) in [7, 11) is 0. The Labute approximate surface area is 190 Å². The van der Waals surface area contributed by atoms with Crippen LogP contribution in [-0.4, -0.2) is 37.1 Å². The molecule has 0 aromatic carbocycles. The van der Waals surface area contributed by atoms with Gasteiger partial charge < -0.3 is 9.55 Å². The second-order valence-electron chi connectivity index (χ2n) is 8.21. The Kier molecular flexibility index (Phi) is 6.77. The van der Waals surface area contributed by atoms with Crippen LogP contribution < -0.4 is 0 Å². The van der Waals surface area contributed by atoms with Crippen molar-refractivity contribution in [3.63, 3.8) is 0 Å². The third kappa shape index (κ3) is 4.70. The van der Waals surface area contributed by atoms with Gasteiger partial charge in [-0.2, -0.15) is 0 Å². The van der Waals surface area contributed by atoms with Crippen LogP contribution in [-0.2, 0) is 6.42 Å². The summed E-state index contributed by atoms with van der Waals surface area (Å²) in [6.07, 6.45) is 6.76. The Balaban J connectivity index is 1.55. The van der Waals surface area contributed by atoms with Gasteiger partial charge in [0.25, 0.3) is 0 Å². The van der Waals surface area contributed by atoms with E-state index in [1.807, 2.05) is 13.8 Å². The summed E-state index contributed by atoms with van der Waals surface area (Å²) in [4.78, 5) is 29.2. The summed E-state index contributed by atoms with van der Waals surface area (Å²) in [6.45, 7) is 5.21. The zero-order valence-electron chi connectivity index (χ0n) is 18.2. The summed E-state index contributed by atoms with van der Waals surface area (Å²) in [5.74, 6) is 1.21. The number of aromatic amines is 1. The molecule has 0 aliphatic heterocycles. The molecule has 164 valence electrons. The molecule has 1 fully saturated rings. The number of nitrogens with one attached hydrogen (secondary N) is 1. The summed E-state index contributed by atoms with van der Waals surface area (Å²) in [5, 5.41) is 11.9. The Hall–Kier alpha value is -2.19. The number of rotatable bonds is 8. The number of H-pyrrole nitrogens is 1. The second-order valence-corrected chi connectivity index (χ2v) is 10.2. The van der Waals surface area contributed by atoms with E-state index >= 15 is 0 Å². The lowest BCUT2D eigenvalue weighted by molar-refractivity contribution is 0.101. The maximum atomic E-state index is 13.0. The molecule has 31 heavy (non-hydrogen) atoms. The first-order valence-electron chi connectivity index (χ1n) is 10.8. The van der Waals surface area contributed by atoms with E-state index in [1.165, 1.54) is 42.8 Å². The van der Waals surface area contributed by atoms with Crippen LogP contribution >= 0.6 is 23.1 Å². The number of aromatic nitrogens is 4. The van der Waals surface area contributed by atoms with Gasteiger partial charge in [-0.1, -0.05) is 37.1 Å². The minimum Gasteiger partial charge on any atom is -0.355 e.